The minimum atomic E-state index is -0.188. The highest BCUT2D eigenvalue weighted by Gasteiger charge is 2.18. The van der Waals surface area contributed by atoms with Crippen molar-refractivity contribution >= 4 is 0 Å². The van der Waals surface area contributed by atoms with E-state index in [4.69, 9.17) is 0 Å². The number of rotatable bonds is 3. The van der Waals surface area contributed by atoms with Gasteiger partial charge in [-0.2, -0.15) is 5.10 Å². The summed E-state index contributed by atoms with van der Waals surface area (Å²) in [6, 6.07) is 6.87. The number of benzene rings is 1. The molecule has 1 aliphatic heterocycles. The van der Waals surface area contributed by atoms with E-state index >= 15 is 0 Å². The van der Waals surface area contributed by atoms with Gasteiger partial charge in [0.05, 0.1) is 6.20 Å². The summed E-state index contributed by atoms with van der Waals surface area (Å²) < 4.78 is 13.9. The Morgan fingerprint density at radius 2 is 2.16 bits per heavy atom. The minimum Gasteiger partial charge on any atom is -0.316 e. The maximum Gasteiger partial charge on any atom is 0.131 e. The van der Waals surface area contributed by atoms with Crippen LogP contribution in [0.25, 0.3) is 11.1 Å². The summed E-state index contributed by atoms with van der Waals surface area (Å²) in [5.41, 5.74) is 2.57. The van der Waals surface area contributed by atoms with Crippen molar-refractivity contribution in [3.8, 4) is 11.1 Å². The Hall–Kier alpha value is -1.68. The van der Waals surface area contributed by atoms with Crippen molar-refractivity contribution in [2.24, 2.45) is 5.92 Å². The van der Waals surface area contributed by atoms with Crippen LogP contribution in [0, 0.1) is 11.7 Å². The van der Waals surface area contributed by atoms with Crippen molar-refractivity contribution in [1.29, 1.82) is 0 Å². The Labute approximate surface area is 112 Å². The molecule has 3 nitrogen and oxygen atoms in total. The average molecular weight is 259 g/mol. The zero-order valence-corrected chi connectivity index (χ0v) is 10.8. The molecule has 0 bridgehead atoms. The largest absolute Gasteiger partial charge is 0.316 e. The second-order valence-corrected chi connectivity index (χ2v) is 5.16. The van der Waals surface area contributed by atoms with Gasteiger partial charge in [0, 0.05) is 16.8 Å². The Balaban J connectivity index is 1.84. The van der Waals surface area contributed by atoms with Crippen molar-refractivity contribution in [2.45, 2.75) is 19.3 Å². The van der Waals surface area contributed by atoms with Gasteiger partial charge < -0.3 is 5.32 Å². The quantitative estimate of drug-likeness (QED) is 0.890. The zero-order valence-electron chi connectivity index (χ0n) is 10.8. The van der Waals surface area contributed by atoms with Crippen LogP contribution in [-0.2, 0) is 6.42 Å². The molecular weight excluding hydrogens is 241 g/mol. The smallest absolute Gasteiger partial charge is 0.131 e. The highest BCUT2D eigenvalue weighted by molar-refractivity contribution is 5.65. The molecule has 0 saturated carbocycles. The van der Waals surface area contributed by atoms with Gasteiger partial charge in [-0.15, -0.1) is 0 Å². The first kappa shape index (κ1) is 12.4. The van der Waals surface area contributed by atoms with Crippen LogP contribution >= 0.6 is 0 Å². The molecular formula is C15H18FN3. The molecule has 1 aromatic carbocycles. The van der Waals surface area contributed by atoms with Gasteiger partial charge in [0.2, 0.25) is 0 Å². The molecule has 3 rings (SSSR count). The highest BCUT2D eigenvalue weighted by atomic mass is 19.1. The lowest BCUT2D eigenvalue weighted by Crippen LogP contribution is -2.31. The molecule has 0 radical (unpaired) electrons. The molecule has 100 valence electrons. The molecule has 1 aromatic heterocycles. The fourth-order valence-electron chi connectivity index (χ4n) is 2.77. The van der Waals surface area contributed by atoms with Crippen molar-refractivity contribution < 1.29 is 4.39 Å². The molecule has 0 spiro atoms. The normalized spacial score (nSPS) is 19.5. The first-order valence-corrected chi connectivity index (χ1v) is 6.82. The monoisotopic (exact) mass is 259 g/mol. The zero-order chi connectivity index (χ0) is 13.1. The standard InChI is InChI=1S/C15H18FN3/c16-14-6-2-1-5-12(14)13-10-18-19-15(13)8-11-4-3-7-17-9-11/h1-2,5-6,10-11,17H,3-4,7-9H2,(H,18,19). The van der Waals surface area contributed by atoms with Crippen LogP contribution in [0.1, 0.15) is 18.5 Å². The third kappa shape index (κ3) is 2.68. The topological polar surface area (TPSA) is 40.7 Å². The van der Waals surface area contributed by atoms with E-state index in [1.807, 2.05) is 12.1 Å². The summed E-state index contributed by atoms with van der Waals surface area (Å²) in [4.78, 5) is 0. The third-order valence-corrected chi connectivity index (χ3v) is 3.77. The van der Waals surface area contributed by atoms with E-state index in [-0.39, 0.29) is 5.82 Å². The van der Waals surface area contributed by atoms with E-state index in [2.05, 4.69) is 15.5 Å². The number of aromatic amines is 1. The highest BCUT2D eigenvalue weighted by Crippen LogP contribution is 2.27. The third-order valence-electron chi connectivity index (χ3n) is 3.77. The summed E-state index contributed by atoms with van der Waals surface area (Å²) in [6.07, 6.45) is 5.09. The Morgan fingerprint density at radius 1 is 1.26 bits per heavy atom. The second kappa shape index (κ2) is 5.53. The van der Waals surface area contributed by atoms with Crippen LogP contribution in [0.15, 0.2) is 30.5 Å². The second-order valence-electron chi connectivity index (χ2n) is 5.16. The van der Waals surface area contributed by atoms with Crippen LogP contribution in [0.3, 0.4) is 0 Å². The predicted octanol–water partition coefficient (Wildman–Crippen LogP) is 2.76. The van der Waals surface area contributed by atoms with Gasteiger partial charge in [0.25, 0.3) is 0 Å². The van der Waals surface area contributed by atoms with Gasteiger partial charge in [-0.1, -0.05) is 18.2 Å². The molecule has 1 fully saturated rings. The molecule has 2 aromatic rings. The number of hydrogen-bond acceptors (Lipinski definition) is 2. The van der Waals surface area contributed by atoms with Crippen molar-refractivity contribution in [2.75, 3.05) is 13.1 Å². The van der Waals surface area contributed by atoms with Crippen LogP contribution < -0.4 is 5.32 Å². The molecule has 2 N–H and O–H groups in total. The molecule has 0 aliphatic carbocycles. The summed E-state index contributed by atoms with van der Waals surface area (Å²) in [5.74, 6) is 0.423. The molecule has 1 saturated heterocycles. The number of hydrogen-bond donors (Lipinski definition) is 2. The number of halogens is 1. The van der Waals surface area contributed by atoms with Gasteiger partial charge in [-0.25, -0.2) is 4.39 Å². The van der Waals surface area contributed by atoms with Crippen molar-refractivity contribution in [1.82, 2.24) is 15.5 Å². The number of piperidine rings is 1. The van der Waals surface area contributed by atoms with E-state index in [0.29, 0.717) is 11.5 Å². The molecule has 1 aliphatic rings. The lowest BCUT2D eigenvalue weighted by molar-refractivity contribution is 0.373. The van der Waals surface area contributed by atoms with Gasteiger partial charge in [0.15, 0.2) is 0 Å². The predicted molar refractivity (Wildman–Crippen MR) is 73.3 cm³/mol. The number of aromatic nitrogens is 2. The Morgan fingerprint density at radius 3 is 2.95 bits per heavy atom. The summed E-state index contributed by atoms with van der Waals surface area (Å²) in [7, 11) is 0. The molecule has 2 heterocycles. The Kier molecular flexibility index (Phi) is 3.60. The van der Waals surface area contributed by atoms with E-state index in [9.17, 15) is 4.39 Å². The van der Waals surface area contributed by atoms with Gasteiger partial charge in [0.1, 0.15) is 5.82 Å². The van der Waals surface area contributed by atoms with Crippen molar-refractivity contribution in [3.63, 3.8) is 0 Å². The molecule has 1 atom stereocenters. The number of nitrogens with one attached hydrogen (secondary N) is 2. The van der Waals surface area contributed by atoms with E-state index in [1.54, 1.807) is 12.3 Å². The Bertz CT molecular complexity index is 544. The maximum atomic E-state index is 13.9. The fraction of sp³-hybridized carbons (Fsp3) is 0.400. The average Bonchev–Trinajstić information content (AvgIpc) is 2.88. The van der Waals surface area contributed by atoms with Gasteiger partial charge >= 0.3 is 0 Å². The van der Waals surface area contributed by atoms with Crippen molar-refractivity contribution in [3.05, 3.63) is 42.0 Å². The lowest BCUT2D eigenvalue weighted by atomic mass is 9.92. The van der Waals surface area contributed by atoms with E-state index in [0.717, 1.165) is 30.8 Å². The summed E-state index contributed by atoms with van der Waals surface area (Å²) >= 11 is 0. The van der Waals surface area contributed by atoms with E-state index in [1.165, 1.54) is 18.9 Å². The number of H-pyrrole nitrogens is 1. The van der Waals surface area contributed by atoms with Crippen LogP contribution in [0.5, 0.6) is 0 Å². The minimum absolute atomic E-state index is 0.188. The maximum absolute atomic E-state index is 13.9. The van der Waals surface area contributed by atoms with Gasteiger partial charge in [-0.05, 0) is 44.3 Å². The SMILES string of the molecule is Fc1ccccc1-c1cn[nH]c1CC1CCCNC1. The summed E-state index contributed by atoms with van der Waals surface area (Å²) in [6.45, 7) is 2.15. The first-order chi connectivity index (χ1) is 9.34. The van der Waals surface area contributed by atoms with Crippen LogP contribution in [0.2, 0.25) is 0 Å². The summed E-state index contributed by atoms with van der Waals surface area (Å²) in [5, 5.41) is 10.5. The first-order valence-electron chi connectivity index (χ1n) is 6.82. The van der Waals surface area contributed by atoms with E-state index < -0.39 is 0 Å². The number of nitrogens with zero attached hydrogens (tertiary/aromatic N) is 1. The fourth-order valence-corrected chi connectivity index (χ4v) is 2.77. The van der Waals surface area contributed by atoms with Crippen LogP contribution in [-0.4, -0.2) is 23.3 Å². The lowest BCUT2D eigenvalue weighted by Gasteiger charge is -2.22. The molecule has 1 unspecified atom stereocenters. The molecule has 4 heteroatoms. The van der Waals surface area contributed by atoms with Gasteiger partial charge in [-0.3, -0.25) is 5.10 Å². The molecule has 0 amide bonds. The van der Waals surface area contributed by atoms with Crippen LogP contribution in [0.4, 0.5) is 4.39 Å². The molecule has 19 heavy (non-hydrogen) atoms.